The molecule has 5 heteroatoms. The lowest BCUT2D eigenvalue weighted by Gasteiger charge is -2.35. The van der Waals surface area contributed by atoms with Crippen LogP contribution in [0.3, 0.4) is 0 Å². The number of ketones is 1. The molecule has 2 rings (SSSR count). The summed E-state index contributed by atoms with van der Waals surface area (Å²) in [7, 11) is 1.35. The van der Waals surface area contributed by atoms with Gasteiger partial charge in [-0.2, -0.15) is 0 Å². The number of benzene rings is 1. The largest absolute Gasteiger partial charge is 0.468 e. The molecule has 0 N–H and O–H groups in total. The molecular formula is C15H18ClNO3. The first kappa shape index (κ1) is 15.0. The van der Waals surface area contributed by atoms with Gasteiger partial charge < -0.3 is 4.74 Å². The van der Waals surface area contributed by atoms with Crippen molar-refractivity contribution in [1.29, 1.82) is 0 Å². The average molecular weight is 296 g/mol. The summed E-state index contributed by atoms with van der Waals surface area (Å²) in [5.41, 5.74) is 0.683. The third kappa shape index (κ3) is 3.19. The molecule has 2 atom stereocenters. The van der Waals surface area contributed by atoms with Gasteiger partial charge in [-0.15, -0.1) is 0 Å². The van der Waals surface area contributed by atoms with Gasteiger partial charge in [-0.25, -0.2) is 4.79 Å². The van der Waals surface area contributed by atoms with E-state index in [4.69, 9.17) is 16.3 Å². The van der Waals surface area contributed by atoms with Crippen LogP contribution >= 0.6 is 11.6 Å². The van der Waals surface area contributed by atoms with Crippen LogP contribution in [0.15, 0.2) is 24.3 Å². The Morgan fingerprint density at radius 3 is 2.75 bits per heavy atom. The number of esters is 1. The van der Waals surface area contributed by atoms with Gasteiger partial charge in [0.2, 0.25) is 0 Å². The van der Waals surface area contributed by atoms with E-state index >= 15 is 0 Å². The standard InChI is InChI=1S/C15H18ClNO3/c1-10-7-11(18)9-17(8-10)14(15(19)20-2)12-5-3-4-6-13(12)16/h3-6,10,14H,7-9H2,1-2H3. The normalized spacial score (nSPS) is 21.6. The molecule has 0 amide bonds. The van der Waals surface area contributed by atoms with Gasteiger partial charge in [-0.1, -0.05) is 36.7 Å². The molecular weight excluding hydrogens is 278 g/mol. The second-order valence-electron chi connectivity index (χ2n) is 5.22. The third-order valence-corrected chi connectivity index (χ3v) is 3.84. The van der Waals surface area contributed by atoms with E-state index in [0.29, 0.717) is 23.6 Å². The van der Waals surface area contributed by atoms with Crippen molar-refractivity contribution in [3.05, 3.63) is 34.9 Å². The average Bonchev–Trinajstić information content (AvgIpc) is 2.40. The highest BCUT2D eigenvalue weighted by Crippen LogP contribution is 2.31. The number of methoxy groups -OCH3 is 1. The van der Waals surface area contributed by atoms with Crippen molar-refractivity contribution in [1.82, 2.24) is 4.90 Å². The topological polar surface area (TPSA) is 46.6 Å². The van der Waals surface area contributed by atoms with Crippen molar-refractivity contribution in [3.8, 4) is 0 Å². The zero-order valence-electron chi connectivity index (χ0n) is 11.6. The Morgan fingerprint density at radius 2 is 2.15 bits per heavy atom. The highest BCUT2D eigenvalue weighted by Gasteiger charge is 2.35. The first-order valence-electron chi connectivity index (χ1n) is 6.61. The maximum absolute atomic E-state index is 12.1. The number of piperidine rings is 1. The SMILES string of the molecule is COC(=O)C(c1ccccc1Cl)N1CC(=O)CC(C)C1. The highest BCUT2D eigenvalue weighted by atomic mass is 35.5. The maximum Gasteiger partial charge on any atom is 0.327 e. The van der Waals surface area contributed by atoms with Crippen LogP contribution in [-0.2, 0) is 14.3 Å². The van der Waals surface area contributed by atoms with Gasteiger partial charge >= 0.3 is 5.97 Å². The molecule has 1 aliphatic heterocycles. The molecule has 2 unspecified atom stereocenters. The highest BCUT2D eigenvalue weighted by molar-refractivity contribution is 6.31. The summed E-state index contributed by atoms with van der Waals surface area (Å²) < 4.78 is 4.89. The molecule has 1 fully saturated rings. The number of nitrogens with zero attached hydrogens (tertiary/aromatic N) is 1. The molecule has 1 aromatic rings. The second kappa shape index (κ2) is 6.37. The number of Topliss-reactive ketones (excluding diaryl/α,β-unsaturated/α-hetero) is 1. The molecule has 1 heterocycles. The number of carbonyl (C=O) groups excluding carboxylic acids is 2. The maximum atomic E-state index is 12.1. The summed E-state index contributed by atoms with van der Waals surface area (Å²) >= 11 is 6.19. The van der Waals surface area contributed by atoms with E-state index in [-0.39, 0.29) is 24.2 Å². The van der Waals surface area contributed by atoms with Gasteiger partial charge in [-0.05, 0) is 17.5 Å². The molecule has 20 heavy (non-hydrogen) atoms. The van der Waals surface area contributed by atoms with E-state index in [1.807, 2.05) is 24.0 Å². The van der Waals surface area contributed by atoms with E-state index in [2.05, 4.69) is 0 Å². The minimum atomic E-state index is -0.625. The number of rotatable bonds is 3. The number of hydrogen-bond donors (Lipinski definition) is 0. The van der Waals surface area contributed by atoms with Crippen LogP contribution in [0.25, 0.3) is 0 Å². The van der Waals surface area contributed by atoms with Crippen LogP contribution in [0, 0.1) is 5.92 Å². The van der Waals surface area contributed by atoms with Gasteiger partial charge in [-0.3, -0.25) is 9.69 Å². The Kier molecular flexibility index (Phi) is 4.78. The molecule has 4 nitrogen and oxygen atoms in total. The lowest BCUT2D eigenvalue weighted by Crippen LogP contribution is -2.45. The van der Waals surface area contributed by atoms with E-state index in [1.54, 1.807) is 12.1 Å². The summed E-state index contributed by atoms with van der Waals surface area (Å²) in [4.78, 5) is 25.8. The number of carbonyl (C=O) groups is 2. The molecule has 0 saturated carbocycles. The molecule has 0 aromatic heterocycles. The van der Waals surface area contributed by atoms with Crippen molar-refractivity contribution in [2.45, 2.75) is 19.4 Å². The van der Waals surface area contributed by atoms with Crippen LogP contribution in [-0.4, -0.2) is 36.9 Å². The van der Waals surface area contributed by atoms with Crippen molar-refractivity contribution in [2.24, 2.45) is 5.92 Å². The van der Waals surface area contributed by atoms with Gasteiger partial charge in [0.25, 0.3) is 0 Å². The Balaban J connectivity index is 2.35. The van der Waals surface area contributed by atoms with E-state index < -0.39 is 6.04 Å². The fourth-order valence-corrected chi connectivity index (χ4v) is 2.93. The van der Waals surface area contributed by atoms with Crippen LogP contribution in [0.2, 0.25) is 5.02 Å². The fourth-order valence-electron chi connectivity index (χ4n) is 2.69. The van der Waals surface area contributed by atoms with E-state index in [9.17, 15) is 9.59 Å². The van der Waals surface area contributed by atoms with E-state index in [1.165, 1.54) is 7.11 Å². The molecule has 1 aromatic carbocycles. The summed E-state index contributed by atoms with van der Waals surface area (Å²) in [6.07, 6.45) is 0.562. The van der Waals surface area contributed by atoms with Gasteiger partial charge in [0.1, 0.15) is 11.8 Å². The van der Waals surface area contributed by atoms with Crippen LogP contribution in [0.5, 0.6) is 0 Å². The smallest absolute Gasteiger partial charge is 0.327 e. The van der Waals surface area contributed by atoms with E-state index in [0.717, 1.165) is 0 Å². The number of likely N-dealkylation sites (tertiary alicyclic amines) is 1. The number of ether oxygens (including phenoxy) is 1. The number of halogens is 1. The predicted octanol–water partition coefficient (Wildman–Crippen LogP) is 2.46. The lowest BCUT2D eigenvalue weighted by atomic mass is 9.95. The van der Waals surface area contributed by atoms with Crippen LogP contribution in [0.1, 0.15) is 24.9 Å². The monoisotopic (exact) mass is 295 g/mol. The van der Waals surface area contributed by atoms with Crippen LogP contribution in [0.4, 0.5) is 0 Å². The molecule has 0 spiro atoms. The molecule has 1 saturated heterocycles. The Morgan fingerprint density at radius 1 is 1.45 bits per heavy atom. The summed E-state index contributed by atoms with van der Waals surface area (Å²) in [6, 6.07) is 6.55. The first-order chi connectivity index (χ1) is 9.52. The van der Waals surface area contributed by atoms with Gasteiger partial charge in [0.05, 0.1) is 13.7 Å². The van der Waals surface area contributed by atoms with Crippen molar-refractivity contribution in [3.63, 3.8) is 0 Å². The minimum absolute atomic E-state index is 0.143. The lowest BCUT2D eigenvalue weighted by molar-refractivity contribution is -0.149. The van der Waals surface area contributed by atoms with Crippen molar-refractivity contribution in [2.75, 3.05) is 20.2 Å². The second-order valence-corrected chi connectivity index (χ2v) is 5.63. The minimum Gasteiger partial charge on any atom is -0.468 e. The van der Waals surface area contributed by atoms with Crippen molar-refractivity contribution < 1.29 is 14.3 Å². The van der Waals surface area contributed by atoms with Crippen LogP contribution < -0.4 is 0 Å². The fraction of sp³-hybridized carbons (Fsp3) is 0.467. The molecule has 0 bridgehead atoms. The van der Waals surface area contributed by atoms with Gasteiger partial charge in [0.15, 0.2) is 0 Å². The molecule has 1 aliphatic rings. The summed E-state index contributed by atoms with van der Waals surface area (Å²) in [5.74, 6) is -0.0180. The summed E-state index contributed by atoms with van der Waals surface area (Å²) in [5, 5.41) is 0.508. The summed E-state index contributed by atoms with van der Waals surface area (Å²) in [6.45, 7) is 2.94. The zero-order valence-corrected chi connectivity index (χ0v) is 12.4. The Bertz CT molecular complexity index is 518. The molecule has 108 valence electrons. The molecule has 0 aliphatic carbocycles. The first-order valence-corrected chi connectivity index (χ1v) is 6.98. The third-order valence-electron chi connectivity index (χ3n) is 3.49. The Labute approximate surface area is 123 Å². The quantitative estimate of drug-likeness (QED) is 0.804. The predicted molar refractivity (Wildman–Crippen MR) is 76.6 cm³/mol. The Hall–Kier alpha value is -1.39. The van der Waals surface area contributed by atoms with Gasteiger partial charge in [0, 0.05) is 18.0 Å². The number of hydrogen-bond acceptors (Lipinski definition) is 4. The molecule has 0 radical (unpaired) electrons. The van der Waals surface area contributed by atoms with Crippen molar-refractivity contribution >= 4 is 23.4 Å². The zero-order chi connectivity index (χ0) is 14.7.